The molecule has 1 rings (SSSR count). The minimum atomic E-state index is -3.13. The van der Waals surface area contributed by atoms with Crippen molar-refractivity contribution < 1.29 is 13.2 Å². The van der Waals surface area contributed by atoms with Crippen LogP contribution >= 0.6 is 0 Å². The SMILES string of the molecule is CCCS(=O)(=O)N1CCCN(C(=O)C(C)C)CC1. The first-order chi connectivity index (χ1) is 8.38. The fraction of sp³-hybridized carbons (Fsp3) is 0.917. The van der Waals surface area contributed by atoms with Gasteiger partial charge in [0.05, 0.1) is 5.75 Å². The Morgan fingerprint density at radius 1 is 1.17 bits per heavy atom. The molecule has 0 aromatic rings. The van der Waals surface area contributed by atoms with Crippen molar-refractivity contribution in [1.29, 1.82) is 0 Å². The third kappa shape index (κ3) is 3.95. The van der Waals surface area contributed by atoms with Gasteiger partial charge in [0.1, 0.15) is 0 Å². The number of carbonyl (C=O) groups is 1. The second-order valence-corrected chi connectivity index (χ2v) is 7.14. The second-order valence-electron chi connectivity index (χ2n) is 5.05. The summed E-state index contributed by atoms with van der Waals surface area (Å²) in [5, 5.41) is 0. The monoisotopic (exact) mass is 276 g/mol. The number of sulfonamides is 1. The third-order valence-corrected chi connectivity index (χ3v) is 5.19. The van der Waals surface area contributed by atoms with Crippen LogP contribution in [0, 0.1) is 5.92 Å². The minimum absolute atomic E-state index is 0.0243. The molecule has 6 heteroatoms. The molecule has 1 aliphatic heterocycles. The first-order valence-electron chi connectivity index (χ1n) is 6.65. The maximum atomic E-state index is 12.0. The van der Waals surface area contributed by atoms with Gasteiger partial charge in [-0.15, -0.1) is 0 Å². The first-order valence-corrected chi connectivity index (χ1v) is 8.26. The summed E-state index contributed by atoms with van der Waals surface area (Å²) in [5.74, 6) is 0.291. The smallest absolute Gasteiger partial charge is 0.225 e. The molecule has 0 aromatic heterocycles. The molecule has 18 heavy (non-hydrogen) atoms. The van der Waals surface area contributed by atoms with E-state index >= 15 is 0 Å². The predicted octanol–water partition coefficient (Wildman–Crippen LogP) is 0.917. The quantitative estimate of drug-likeness (QED) is 0.767. The summed E-state index contributed by atoms with van der Waals surface area (Å²) in [6, 6.07) is 0. The van der Waals surface area contributed by atoms with Crippen molar-refractivity contribution in [3.05, 3.63) is 0 Å². The van der Waals surface area contributed by atoms with Crippen LogP contribution in [-0.2, 0) is 14.8 Å². The normalized spacial score (nSPS) is 19.0. The lowest BCUT2D eigenvalue weighted by Crippen LogP contribution is -2.39. The summed E-state index contributed by atoms with van der Waals surface area (Å²) in [6.45, 7) is 7.75. The van der Waals surface area contributed by atoms with E-state index in [2.05, 4.69) is 0 Å². The highest BCUT2D eigenvalue weighted by Crippen LogP contribution is 2.11. The van der Waals surface area contributed by atoms with Crippen molar-refractivity contribution in [3.8, 4) is 0 Å². The summed E-state index contributed by atoms with van der Waals surface area (Å²) in [4.78, 5) is 13.7. The highest BCUT2D eigenvalue weighted by molar-refractivity contribution is 7.89. The second kappa shape index (κ2) is 6.52. The zero-order chi connectivity index (χ0) is 13.8. The number of hydrogen-bond acceptors (Lipinski definition) is 3. The van der Waals surface area contributed by atoms with Gasteiger partial charge in [0.25, 0.3) is 0 Å². The largest absolute Gasteiger partial charge is 0.341 e. The van der Waals surface area contributed by atoms with Crippen LogP contribution in [0.5, 0.6) is 0 Å². The molecule has 0 radical (unpaired) electrons. The van der Waals surface area contributed by atoms with Crippen LogP contribution < -0.4 is 0 Å². The van der Waals surface area contributed by atoms with E-state index in [4.69, 9.17) is 0 Å². The van der Waals surface area contributed by atoms with E-state index in [9.17, 15) is 13.2 Å². The Hall–Kier alpha value is -0.620. The first kappa shape index (κ1) is 15.4. The van der Waals surface area contributed by atoms with Crippen LogP contribution in [0.15, 0.2) is 0 Å². The highest BCUT2D eigenvalue weighted by Gasteiger charge is 2.26. The van der Waals surface area contributed by atoms with Crippen molar-refractivity contribution >= 4 is 15.9 Å². The van der Waals surface area contributed by atoms with Gasteiger partial charge in [0.15, 0.2) is 0 Å². The minimum Gasteiger partial charge on any atom is -0.341 e. The van der Waals surface area contributed by atoms with E-state index in [1.807, 2.05) is 20.8 Å². The molecule has 0 unspecified atom stereocenters. The molecule has 1 saturated heterocycles. The van der Waals surface area contributed by atoms with Crippen molar-refractivity contribution in [2.75, 3.05) is 31.9 Å². The van der Waals surface area contributed by atoms with Crippen molar-refractivity contribution in [1.82, 2.24) is 9.21 Å². The van der Waals surface area contributed by atoms with Crippen LogP contribution in [0.3, 0.4) is 0 Å². The lowest BCUT2D eigenvalue weighted by molar-refractivity contribution is -0.134. The lowest BCUT2D eigenvalue weighted by atomic mass is 10.2. The molecule has 0 aliphatic carbocycles. The fourth-order valence-corrected chi connectivity index (χ4v) is 3.69. The van der Waals surface area contributed by atoms with Gasteiger partial charge < -0.3 is 4.90 Å². The van der Waals surface area contributed by atoms with Gasteiger partial charge >= 0.3 is 0 Å². The van der Waals surface area contributed by atoms with Gasteiger partial charge in [0, 0.05) is 32.1 Å². The van der Waals surface area contributed by atoms with Crippen LogP contribution in [-0.4, -0.2) is 55.5 Å². The average molecular weight is 276 g/mol. The average Bonchev–Trinajstić information content (AvgIpc) is 2.53. The van der Waals surface area contributed by atoms with Crippen LogP contribution in [0.25, 0.3) is 0 Å². The number of nitrogens with zero attached hydrogens (tertiary/aromatic N) is 2. The number of amides is 1. The van der Waals surface area contributed by atoms with E-state index in [1.165, 1.54) is 4.31 Å². The molecular weight excluding hydrogens is 252 g/mol. The number of carbonyl (C=O) groups excluding carboxylic acids is 1. The van der Waals surface area contributed by atoms with E-state index in [0.717, 1.165) is 6.42 Å². The van der Waals surface area contributed by atoms with Crippen LogP contribution in [0.2, 0.25) is 0 Å². The molecule has 1 heterocycles. The molecule has 1 fully saturated rings. The maximum Gasteiger partial charge on any atom is 0.225 e. The van der Waals surface area contributed by atoms with Gasteiger partial charge in [-0.2, -0.15) is 0 Å². The third-order valence-electron chi connectivity index (χ3n) is 3.12. The Kier molecular flexibility index (Phi) is 5.59. The van der Waals surface area contributed by atoms with Crippen molar-refractivity contribution in [2.24, 2.45) is 5.92 Å². The van der Waals surface area contributed by atoms with Gasteiger partial charge in [-0.05, 0) is 12.8 Å². The van der Waals surface area contributed by atoms with Crippen molar-refractivity contribution in [3.63, 3.8) is 0 Å². The number of hydrogen-bond donors (Lipinski definition) is 0. The summed E-state index contributed by atoms with van der Waals surface area (Å²) in [5.41, 5.74) is 0. The Morgan fingerprint density at radius 3 is 2.39 bits per heavy atom. The molecule has 0 saturated carbocycles. The topological polar surface area (TPSA) is 57.7 Å². The van der Waals surface area contributed by atoms with Crippen LogP contribution in [0.4, 0.5) is 0 Å². The molecule has 0 atom stereocenters. The van der Waals surface area contributed by atoms with Gasteiger partial charge in [-0.25, -0.2) is 12.7 Å². The molecular formula is C12H24N2O3S. The molecule has 5 nitrogen and oxygen atoms in total. The van der Waals surface area contributed by atoms with E-state index in [1.54, 1.807) is 4.90 Å². The van der Waals surface area contributed by atoms with Gasteiger partial charge in [-0.3, -0.25) is 4.79 Å². The van der Waals surface area contributed by atoms with E-state index in [0.29, 0.717) is 32.6 Å². The van der Waals surface area contributed by atoms with Crippen molar-refractivity contribution in [2.45, 2.75) is 33.6 Å². The van der Waals surface area contributed by atoms with Gasteiger partial charge in [-0.1, -0.05) is 20.8 Å². The Morgan fingerprint density at radius 2 is 1.83 bits per heavy atom. The predicted molar refractivity (Wildman–Crippen MR) is 71.7 cm³/mol. The van der Waals surface area contributed by atoms with Gasteiger partial charge in [0.2, 0.25) is 15.9 Å². The summed E-state index contributed by atoms with van der Waals surface area (Å²) >= 11 is 0. The number of rotatable bonds is 4. The van der Waals surface area contributed by atoms with Crippen LogP contribution in [0.1, 0.15) is 33.6 Å². The maximum absolute atomic E-state index is 12.0. The van der Waals surface area contributed by atoms with E-state index < -0.39 is 10.0 Å². The zero-order valence-corrected chi connectivity index (χ0v) is 12.4. The Labute approximate surface area is 110 Å². The lowest BCUT2D eigenvalue weighted by Gasteiger charge is -2.23. The molecule has 0 spiro atoms. The summed E-state index contributed by atoms with van der Waals surface area (Å²) in [7, 11) is -3.13. The van der Waals surface area contributed by atoms with E-state index in [-0.39, 0.29) is 17.6 Å². The zero-order valence-electron chi connectivity index (χ0n) is 11.6. The molecule has 1 amide bonds. The molecule has 0 N–H and O–H groups in total. The highest BCUT2D eigenvalue weighted by atomic mass is 32.2. The molecule has 0 aromatic carbocycles. The molecule has 1 aliphatic rings. The Balaban J connectivity index is 2.64. The standard InChI is InChI=1S/C12H24N2O3S/c1-4-10-18(16,17)14-7-5-6-13(8-9-14)12(15)11(2)3/h11H,4-10H2,1-3H3. The fourth-order valence-electron chi connectivity index (χ4n) is 2.14. The summed E-state index contributed by atoms with van der Waals surface area (Å²) in [6.07, 6.45) is 1.36. The molecule has 106 valence electrons. The molecule has 0 bridgehead atoms. The Bertz CT molecular complexity index is 379. The summed E-state index contributed by atoms with van der Waals surface area (Å²) < 4.78 is 25.5.